The lowest BCUT2D eigenvalue weighted by Gasteiger charge is -2.07. The average molecular weight is 405 g/mol. The van der Waals surface area contributed by atoms with Crippen LogP contribution < -0.4 is 11.1 Å². The summed E-state index contributed by atoms with van der Waals surface area (Å²) in [6.07, 6.45) is 21.5. The number of phenols is 1. The van der Waals surface area contributed by atoms with Crippen LogP contribution in [0, 0.1) is 0 Å². The van der Waals surface area contributed by atoms with E-state index in [9.17, 15) is 9.90 Å². The molecule has 4 N–H and O–H groups in total. The zero-order valence-corrected chi connectivity index (χ0v) is 18.7. The maximum absolute atomic E-state index is 12.0. The second-order valence-corrected chi connectivity index (χ2v) is 8.33. The van der Waals surface area contributed by atoms with E-state index in [0.717, 1.165) is 12.8 Å². The van der Waals surface area contributed by atoms with E-state index in [1.165, 1.54) is 96.0 Å². The number of hydrogen-bond acceptors (Lipinski definition) is 3. The Morgan fingerprint density at radius 1 is 0.793 bits per heavy atom. The Balaban J connectivity index is 1.83. The van der Waals surface area contributed by atoms with E-state index in [2.05, 4.69) is 12.2 Å². The number of aromatic hydroxyl groups is 1. The van der Waals surface area contributed by atoms with E-state index >= 15 is 0 Å². The van der Waals surface area contributed by atoms with Crippen molar-refractivity contribution in [2.24, 2.45) is 0 Å². The molecule has 29 heavy (non-hydrogen) atoms. The Hall–Kier alpha value is -1.71. The molecule has 0 fully saturated rings. The second kappa shape index (κ2) is 17.2. The molecule has 0 bridgehead atoms. The van der Waals surface area contributed by atoms with Gasteiger partial charge in [0.05, 0.1) is 5.69 Å². The quantitative estimate of drug-likeness (QED) is 0.140. The number of unbranched alkanes of at least 4 members (excludes halogenated alkanes) is 15. The van der Waals surface area contributed by atoms with E-state index in [-0.39, 0.29) is 11.7 Å². The molecular formula is C25H44N2O2. The molecule has 0 aliphatic heterocycles. The first-order valence-corrected chi connectivity index (χ1v) is 12.0. The van der Waals surface area contributed by atoms with Gasteiger partial charge in [0.2, 0.25) is 0 Å². The minimum atomic E-state index is -0.152. The maximum atomic E-state index is 12.0. The Morgan fingerprint density at radius 2 is 1.24 bits per heavy atom. The fourth-order valence-electron chi connectivity index (χ4n) is 3.66. The number of carbonyl (C=O) groups is 1. The summed E-state index contributed by atoms with van der Waals surface area (Å²) < 4.78 is 0. The van der Waals surface area contributed by atoms with Crippen LogP contribution in [0.1, 0.15) is 120 Å². The number of amides is 1. The highest BCUT2D eigenvalue weighted by Gasteiger charge is 2.07. The van der Waals surface area contributed by atoms with Gasteiger partial charge in [-0.15, -0.1) is 0 Å². The second-order valence-electron chi connectivity index (χ2n) is 8.33. The third-order valence-corrected chi connectivity index (χ3v) is 5.61. The molecule has 0 aromatic heterocycles. The fourth-order valence-corrected chi connectivity index (χ4v) is 3.66. The number of nitrogens with one attached hydrogen (secondary N) is 1. The maximum Gasteiger partial charge on any atom is 0.251 e. The minimum absolute atomic E-state index is 0.0416. The highest BCUT2D eigenvalue weighted by Crippen LogP contribution is 2.20. The number of benzene rings is 1. The van der Waals surface area contributed by atoms with Crippen LogP contribution in [0.25, 0.3) is 0 Å². The first-order valence-electron chi connectivity index (χ1n) is 12.0. The van der Waals surface area contributed by atoms with E-state index in [0.29, 0.717) is 17.8 Å². The number of rotatable bonds is 18. The minimum Gasteiger partial charge on any atom is -0.506 e. The largest absolute Gasteiger partial charge is 0.506 e. The Bertz CT molecular complexity index is 546. The summed E-state index contributed by atoms with van der Waals surface area (Å²) in [4.78, 5) is 12.0. The predicted molar refractivity (Wildman–Crippen MR) is 124 cm³/mol. The molecule has 1 amide bonds. The van der Waals surface area contributed by atoms with Crippen LogP contribution in [-0.2, 0) is 0 Å². The van der Waals surface area contributed by atoms with Gasteiger partial charge in [-0.3, -0.25) is 4.79 Å². The number of nitrogen functional groups attached to an aromatic ring is 1. The Morgan fingerprint density at radius 3 is 1.69 bits per heavy atom. The van der Waals surface area contributed by atoms with Gasteiger partial charge in [0.15, 0.2) is 0 Å². The van der Waals surface area contributed by atoms with Gasteiger partial charge >= 0.3 is 0 Å². The van der Waals surface area contributed by atoms with Gasteiger partial charge in [-0.2, -0.15) is 0 Å². The third-order valence-electron chi connectivity index (χ3n) is 5.61. The summed E-state index contributed by atoms with van der Waals surface area (Å²) in [5, 5.41) is 12.5. The van der Waals surface area contributed by atoms with Gasteiger partial charge in [0, 0.05) is 12.1 Å². The van der Waals surface area contributed by atoms with Crippen molar-refractivity contribution in [2.45, 2.75) is 110 Å². The highest BCUT2D eigenvalue weighted by atomic mass is 16.3. The molecule has 0 saturated carbocycles. The summed E-state index contributed by atoms with van der Waals surface area (Å²) >= 11 is 0. The highest BCUT2D eigenvalue weighted by molar-refractivity contribution is 5.95. The average Bonchev–Trinajstić information content (AvgIpc) is 2.72. The topological polar surface area (TPSA) is 75.4 Å². The molecule has 0 unspecified atom stereocenters. The summed E-state index contributed by atoms with van der Waals surface area (Å²) in [7, 11) is 0. The van der Waals surface area contributed by atoms with Crippen molar-refractivity contribution < 1.29 is 9.90 Å². The normalized spacial score (nSPS) is 10.9. The number of phenolic OH excluding ortho intramolecular Hbond substituents is 1. The van der Waals surface area contributed by atoms with Crippen LogP contribution >= 0.6 is 0 Å². The molecule has 0 atom stereocenters. The number of carbonyl (C=O) groups excluding carboxylic acids is 1. The molecule has 1 rings (SSSR count). The smallest absolute Gasteiger partial charge is 0.251 e. The van der Waals surface area contributed by atoms with Gasteiger partial charge in [-0.25, -0.2) is 0 Å². The molecule has 0 spiro atoms. The van der Waals surface area contributed by atoms with Crippen LogP contribution in [0.15, 0.2) is 18.2 Å². The monoisotopic (exact) mass is 404 g/mol. The molecule has 4 nitrogen and oxygen atoms in total. The molecule has 0 heterocycles. The van der Waals surface area contributed by atoms with Crippen molar-refractivity contribution in [3.63, 3.8) is 0 Å². The molecule has 0 radical (unpaired) electrons. The van der Waals surface area contributed by atoms with Crippen molar-refractivity contribution in [2.75, 3.05) is 12.3 Å². The van der Waals surface area contributed by atoms with Crippen LogP contribution in [0.2, 0.25) is 0 Å². The zero-order chi connectivity index (χ0) is 21.2. The van der Waals surface area contributed by atoms with E-state index in [4.69, 9.17) is 5.73 Å². The van der Waals surface area contributed by atoms with Gasteiger partial charge in [-0.1, -0.05) is 103 Å². The van der Waals surface area contributed by atoms with E-state index < -0.39 is 0 Å². The third kappa shape index (κ3) is 13.2. The zero-order valence-electron chi connectivity index (χ0n) is 18.7. The molecule has 4 heteroatoms. The van der Waals surface area contributed by atoms with Crippen molar-refractivity contribution in [1.82, 2.24) is 5.32 Å². The summed E-state index contributed by atoms with van der Waals surface area (Å²) in [5.41, 5.74) is 6.29. The Kier molecular flexibility index (Phi) is 15.0. The molecule has 1 aromatic rings. The lowest BCUT2D eigenvalue weighted by molar-refractivity contribution is 0.0952. The first-order chi connectivity index (χ1) is 14.1. The molecule has 0 aliphatic rings. The van der Waals surface area contributed by atoms with Crippen molar-refractivity contribution >= 4 is 11.6 Å². The van der Waals surface area contributed by atoms with Gasteiger partial charge < -0.3 is 16.2 Å². The molecule has 1 aromatic carbocycles. The molecule has 166 valence electrons. The van der Waals surface area contributed by atoms with Crippen LogP contribution in [0.4, 0.5) is 5.69 Å². The van der Waals surface area contributed by atoms with Gasteiger partial charge in [0.25, 0.3) is 5.91 Å². The summed E-state index contributed by atoms with van der Waals surface area (Å²) in [6.45, 7) is 2.96. The van der Waals surface area contributed by atoms with Gasteiger partial charge in [0.1, 0.15) is 5.75 Å². The number of nitrogens with two attached hydrogens (primary N) is 1. The lowest BCUT2D eigenvalue weighted by Crippen LogP contribution is -2.24. The summed E-state index contributed by atoms with van der Waals surface area (Å²) in [6, 6.07) is 4.61. The van der Waals surface area contributed by atoms with Crippen LogP contribution in [0.3, 0.4) is 0 Å². The number of anilines is 1. The van der Waals surface area contributed by atoms with Crippen LogP contribution in [0.5, 0.6) is 5.75 Å². The predicted octanol–water partition coefficient (Wildman–Crippen LogP) is 6.97. The summed E-state index contributed by atoms with van der Waals surface area (Å²) in [5.74, 6) is -0.193. The number of hydrogen-bond donors (Lipinski definition) is 3. The van der Waals surface area contributed by atoms with Crippen molar-refractivity contribution in [3.05, 3.63) is 23.8 Å². The lowest BCUT2D eigenvalue weighted by atomic mass is 10.0. The fraction of sp³-hybridized carbons (Fsp3) is 0.720. The molecule has 0 saturated heterocycles. The van der Waals surface area contributed by atoms with E-state index in [1.54, 1.807) is 12.1 Å². The molecular weight excluding hydrogens is 360 g/mol. The van der Waals surface area contributed by atoms with E-state index in [1.807, 2.05) is 0 Å². The van der Waals surface area contributed by atoms with Crippen LogP contribution in [-0.4, -0.2) is 17.6 Å². The standard InChI is InChI=1S/C25H44N2O2/c1-2-3-4-5-6-7-8-9-10-11-12-13-14-15-16-17-20-27-25(29)22-18-19-23(26)24(28)21-22/h18-19,21,28H,2-17,20,26H2,1H3,(H,27,29). The Labute approximate surface area is 178 Å². The van der Waals surface area contributed by atoms with Crippen molar-refractivity contribution in [3.8, 4) is 5.75 Å². The van der Waals surface area contributed by atoms with Crippen molar-refractivity contribution in [1.29, 1.82) is 0 Å². The first kappa shape index (κ1) is 25.3. The SMILES string of the molecule is CCCCCCCCCCCCCCCCCCNC(=O)c1ccc(N)c(O)c1. The van der Waals surface area contributed by atoms with Gasteiger partial charge in [-0.05, 0) is 24.6 Å². The molecule has 0 aliphatic carbocycles.